The molecule has 4 aromatic heterocycles. The van der Waals surface area contributed by atoms with Crippen LogP contribution < -0.4 is 9.44 Å². The highest BCUT2D eigenvalue weighted by Crippen LogP contribution is 2.35. The maximum Gasteiger partial charge on any atom is 0.273 e. The first kappa shape index (κ1) is 36.0. The van der Waals surface area contributed by atoms with Gasteiger partial charge >= 0.3 is 0 Å². The summed E-state index contributed by atoms with van der Waals surface area (Å²) in [5.41, 5.74) is 5.64. The molecule has 0 saturated carbocycles. The first-order valence-electron chi connectivity index (χ1n) is 14.5. The number of aryl methyl sites for hydroxylation is 4. The third-order valence-electron chi connectivity index (χ3n) is 7.02. The molecule has 16 heteroatoms. The summed E-state index contributed by atoms with van der Waals surface area (Å²) in [6, 6.07) is 23.0. The zero-order valence-electron chi connectivity index (χ0n) is 26.1. The van der Waals surface area contributed by atoms with Crippen LogP contribution in [0.2, 0.25) is 0 Å². The maximum absolute atomic E-state index is 12.5. The Kier molecular flexibility index (Phi) is 11.3. The monoisotopic (exact) mass is 852 g/mol. The number of nitrogens with zero attached hydrogens (tertiary/aromatic N) is 2. The second kappa shape index (κ2) is 15.1. The fraction of sp³-hybridized carbons (Fsp3) is 0.188. The SMILES string of the molecule is CCc1ccc(-c2ccc(S(=O)(=O)Nc3onc(C)c3Br)s2)cc1.CCc1ccc(-c2ccc(S(=O)(=O)Nc3onc(C)c3Br)s2)cc1. The molecular weight excluding hydrogens is 824 g/mol. The molecular formula is C32H30Br2N4O6S4. The molecule has 0 aliphatic carbocycles. The number of hydrogen-bond donors (Lipinski definition) is 2. The van der Waals surface area contributed by atoms with E-state index in [1.165, 1.54) is 33.8 Å². The molecule has 2 N–H and O–H groups in total. The van der Waals surface area contributed by atoms with Crippen molar-refractivity contribution in [2.24, 2.45) is 0 Å². The third kappa shape index (κ3) is 8.29. The first-order valence-corrected chi connectivity index (χ1v) is 20.7. The molecule has 252 valence electrons. The Morgan fingerprint density at radius 3 is 1.25 bits per heavy atom. The highest BCUT2D eigenvalue weighted by molar-refractivity contribution is 9.11. The van der Waals surface area contributed by atoms with E-state index in [0.29, 0.717) is 20.3 Å². The van der Waals surface area contributed by atoms with Crippen molar-refractivity contribution in [2.45, 2.75) is 49.0 Å². The number of hydrogen-bond acceptors (Lipinski definition) is 10. The molecule has 2 aromatic carbocycles. The lowest BCUT2D eigenvalue weighted by molar-refractivity contribution is 0.430. The van der Waals surface area contributed by atoms with Crippen LogP contribution in [-0.2, 0) is 32.9 Å². The van der Waals surface area contributed by atoms with Gasteiger partial charge in [0.2, 0.25) is 0 Å². The zero-order chi connectivity index (χ0) is 34.6. The lowest BCUT2D eigenvalue weighted by Gasteiger charge is -2.02. The van der Waals surface area contributed by atoms with Gasteiger partial charge in [-0.05, 0) is 105 Å². The average molecular weight is 855 g/mol. The van der Waals surface area contributed by atoms with Crippen LogP contribution in [0.3, 0.4) is 0 Å². The van der Waals surface area contributed by atoms with Crippen LogP contribution in [0.1, 0.15) is 36.4 Å². The molecule has 0 aliphatic heterocycles. The van der Waals surface area contributed by atoms with Gasteiger partial charge in [-0.25, -0.2) is 26.3 Å². The van der Waals surface area contributed by atoms with E-state index in [4.69, 9.17) is 9.05 Å². The van der Waals surface area contributed by atoms with Crippen LogP contribution in [0.4, 0.5) is 11.8 Å². The highest BCUT2D eigenvalue weighted by atomic mass is 79.9. The minimum Gasteiger partial charge on any atom is -0.336 e. The van der Waals surface area contributed by atoms with Gasteiger partial charge in [0.1, 0.15) is 17.4 Å². The highest BCUT2D eigenvalue weighted by Gasteiger charge is 2.23. The van der Waals surface area contributed by atoms with E-state index < -0.39 is 20.0 Å². The summed E-state index contributed by atoms with van der Waals surface area (Å²) in [5.74, 6) is 0.157. The minimum absolute atomic E-state index is 0.0785. The predicted molar refractivity (Wildman–Crippen MR) is 198 cm³/mol. The van der Waals surface area contributed by atoms with Crippen molar-refractivity contribution >= 4 is 86.3 Å². The summed E-state index contributed by atoms with van der Waals surface area (Å²) in [6.45, 7) is 7.63. The van der Waals surface area contributed by atoms with Crippen LogP contribution in [0.15, 0.2) is 99.2 Å². The first-order chi connectivity index (χ1) is 22.8. The number of sulfonamides is 2. The molecule has 4 heterocycles. The van der Waals surface area contributed by atoms with Gasteiger partial charge in [-0.1, -0.05) is 72.7 Å². The van der Waals surface area contributed by atoms with Gasteiger partial charge < -0.3 is 9.05 Å². The molecule has 0 saturated heterocycles. The van der Waals surface area contributed by atoms with Crippen molar-refractivity contribution in [3.05, 3.63) is 104 Å². The molecule has 0 atom stereocenters. The molecule has 0 amide bonds. The van der Waals surface area contributed by atoms with E-state index in [9.17, 15) is 16.8 Å². The minimum atomic E-state index is -3.72. The number of nitrogens with one attached hydrogen (secondary N) is 2. The maximum atomic E-state index is 12.5. The Bertz CT molecular complexity index is 2080. The Morgan fingerprint density at radius 1 is 0.604 bits per heavy atom. The fourth-order valence-electron chi connectivity index (χ4n) is 4.24. The summed E-state index contributed by atoms with van der Waals surface area (Å²) in [7, 11) is -7.44. The lowest BCUT2D eigenvalue weighted by atomic mass is 10.1. The Hall–Kier alpha value is -3.28. The zero-order valence-corrected chi connectivity index (χ0v) is 32.5. The van der Waals surface area contributed by atoms with Crippen molar-refractivity contribution in [1.82, 2.24) is 10.3 Å². The number of benzene rings is 2. The van der Waals surface area contributed by atoms with E-state index in [-0.39, 0.29) is 20.2 Å². The summed E-state index contributed by atoms with van der Waals surface area (Å²) < 4.78 is 66.2. The average Bonchev–Trinajstić information content (AvgIpc) is 3.90. The van der Waals surface area contributed by atoms with Gasteiger partial charge in [-0.3, -0.25) is 0 Å². The van der Waals surface area contributed by atoms with E-state index in [1.807, 2.05) is 24.3 Å². The fourth-order valence-corrected chi connectivity index (χ4v) is 9.60. The van der Waals surface area contributed by atoms with Crippen LogP contribution in [0, 0.1) is 13.8 Å². The molecule has 0 spiro atoms. The molecule has 0 fully saturated rings. The number of aromatic nitrogens is 2. The van der Waals surface area contributed by atoms with Crippen molar-refractivity contribution in [1.29, 1.82) is 0 Å². The van der Waals surface area contributed by atoms with Crippen LogP contribution in [0.5, 0.6) is 0 Å². The molecule has 0 aliphatic rings. The number of thiophene rings is 2. The second-order valence-corrected chi connectivity index (χ2v) is 17.9. The largest absolute Gasteiger partial charge is 0.336 e. The quantitative estimate of drug-likeness (QED) is 0.139. The van der Waals surface area contributed by atoms with Crippen LogP contribution in [-0.4, -0.2) is 27.1 Å². The van der Waals surface area contributed by atoms with Gasteiger partial charge in [0.25, 0.3) is 31.8 Å². The van der Waals surface area contributed by atoms with Gasteiger partial charge in [0.05, 0.1) is 11.4 Å². The van der Waals surface area contributed by atoms with Crippen LogP contribution in [0.25, 0.3) is 20.9 Å². The van der Waals surface area contributed by atoms with Crippen molar-refractivity contribution in [3.8, 4) is 20.9 Å². The van der Waals surface area contributed by atoms with Gasteiger partial charge in [0, 0.05) is 9.75 Å². The molecule has 6 rings (SSSR count). The summed E-state index contributed by atoms with van der Waals surface area (Å²) in [5, 5.41) is 7.44. The summed E-state index contributed by atoms with van der Waals surface area (Å²) in [6.07, 6.45) is 1.94. The number of halogens is 2. The molecule has 6 aromatic rings. The lowest BCUT2D eigenvalue weighted by Crippen LogP contribution is -2.11. The van der Waals surface area contributed by atoms with E-state index >= 15 is 0 Å². The topological polar surface area (TPSA) is 144 Å². The standard InChI is InChI=1S/2C16H15BrN2O3S2/c2*1-3-11-4-6-12(7-5-11)13-8-9-14(23-13)24(20,21)19-16-15(17)10(2)18-22-16/h2*4-9,19H,3H2,1-2H3. The van der Waals surface area contributed by atoms with E-state index in [2.05, 4.69) is 89.7 Å². The molecule has 0 radical (unpaired) electrons. The normalized spacial score (nSPS) is 11.6. The van der Waals surface area contributed by atoms with E-state index in [1.54, 1.807) is 38.1 Å². The van der Waals surface area contributed by atoms with Gasteiger partial charge in [-0.15, -0.1) is 22.7 Å². The van der Waals surface area contributed by atoms with Crippen molar-refractivity contribution in [3.63, 3.8) is 0 Å². The number of rotatable bonds is 10. The van der Waals surface area contributed by atoms with E-state index in [0.717, 1.165) is 33.7 Å². The predicted octanol–water partition coefficient (Wildman–Crippen LogP) is 9.67. The van der Waals surface area contributed by atoms with Crippen molar-refractivity contribution in [2.75, 3.05) is 9.44 Å². The molecule has 10 nitrogen and oxygen atoms in total. The summed E-state index contributed by atoms with van der Waals surface area (Å²) in [4.78, 5) is 1.79. The second-order valence-electron chi connectivity index (χ2n) is 10.4. The van der Waals surface area contributed by atoms with Crippen LogP contribution >= 0.6 is 54.5 Å². The third-order valence-corrected chi connectivity index (χ3v) is 14.8. The molecule has 0 unspecified atom stereocenters. The Balaban J connectivity index is 0.000000188. The number of anilines is 2. The molecule has 48 heavy (non-hydrogen) atoms. The Labute approximate surface area is 303 Å². The van der Waals surface area contributed by atoms with Gasteiger partial charge in [0.15, 0.2) is 0 Å². The van der Waals surface area contributed by atoms with Crippen molar-refractivity contribution < 1.29 is 25.9 Å². The Morgan fingerprint density at radius 2 is 0.958 bits per heavy atom. The summed E-state index contributed by atoms with van der Waals surface area (Å²) >= 11 is 8.92. The molecule has 0 bridgehead atoms. The smallest absolute Gasteiger partial charge is 0.273 e. The van der Waals surface area contributed by atoms with Gasteiger partial charge in [-0.2, -0.15) is 0 Å².